The maximum absolute atomic E-state index is 4.67. The fraction of sp³-hybridized carbons (Fsp3) is 0. The monoisotopic (exact) mass is 313 g/mol. The first-order valence-corrected chi connectivity index (χ1v) is 8.18. The molecule has 0 aliphatic carbocycles. The number of rotatable bonds is 1. The van der Waals surface area contributed by atoms with E-state index in [1.165, 1.54) is 20.2 Å². The minimum Gasteiger partial charge on any atom is -0.264 e. The minimum absolute atomic E-state index is 0.949. The predicted octanol–water partition coefficient (Wildman–Crippen LogP) is 5.06. The highest BCUT2D eigenvalue weighted by atomic mass is 32.1. The highest BCUT2D eigenvalue weighted by Crippen LogP contribution is 2.35. The summed E-state index contributed by atoms with van der Waals surface area (Å²) in [7, 11) is 0. The summed E-state index contributed by atoms with van der Waals surface area (Å²) >= 11 is 1.75. The van der Waals surface area contributed by atoms with Gasteiger partial charge >= 0.3 is 0 Å². The summed E-state index contributed by atoms with van der Waals surface area (Å²) in [6, 6.07) is 14.5. The normalized spacial score (nSPS) is 11.5. The Balaban J connectivity index is 1.84. The Morgan fingerprint density at radius 3 is 2.74 bits per heavy atom. The van der Waals surface area contributed by atoms with Crippen LogP contribution in [0.5, 0.6) is 0 Å². The van der Waals surface area contributed by atoms with E-state index in [9.17, 15) is 0 Å². The fourth-order valence-electron chi connectivity index (χ4n) is 2.98. The van der Waals surface area contributed by atoms with E-state index in [0.717, 1.165) is 22.2 Å². The number of benzene rings is 1. The number of hydrogen-bond acceptors (Lipinski definition) is 4. The molecule has 0 unspecified atom stereocenters. The van der Waals surface area contributed by atoms with Crippen LogP contribution in [-0.4, -0.2) is 15.0 Å². The second kappa shape index (κ2) is 4.83. The molecule has 0 spiro atoms. The van der Waals surface area contributed by atoms with Gasteiger partial charge < -0.3 is 0 Å². The molecule has 0 fully saturated rings. The lowest BCUT2D eigenvalue weighted by atomic mass is 10.1. The van der Waals surface area contributed by atoms with Crippen molar-refractivity contribution < 1.29 is 0 Å². The molecule has 0 amide bonds. The Hall–Kier alpha value is -2.85. The predicted molar refractivity (Wildman–Crippen MR) is 95.7 cm³/mol. The molecule has 0 bridgehead atoms. The molecule has 0 saturated carbocycles. The van der Waals surface area contributed by atoms with Crippen LogP contribution in [0.2, 0.25) is 0 Å². The van der Waals surface area contributed by atoms with Crippen molar-refractivity contribution in [1.29, 1.82) is 0 Å². The number of pyridine rings is 3. The van der Waals surface area contributed by atoms with Crippen LogP contribution in [-0.2, 0) is 0 Å². The largest absolute Gasteiger partial charge is 0.264 e. The molecule has 4 heteroatoms. The third-order valence-corrected chi connectivity index (χ3v) is 5.19. The molecular formula is C19H11N3S. The smallest absolute Gasteiger partial charge is 0.0795 e. The van der Waals surface area contributed by atoms with Crippen LogP contribution >= 0.6 is 11.3 Å². The zero-order valence-electron chi connectivity index (χ0n) is 12.1. The first kappa shape index (κ1) is 12.7. The lowest BCUT2D eigenvalue weighted by Gasteiger charge is -2.05. The first-order valence-electron chi connectivity index (χ1n) is 7.36. The molecule has 108 valence electrons. The van der Waals surface area contributed by atoms with Crippen LogP contribution in [0.4, 0.5) is 0 Å². The van der Waals surface area contributed by atoms with Crippen LogP contribution in [0.1, 0.15) is 0 Å². The number of fused-ring (bicyclic) bond motifs is 4. The van der Waals surface area contributed by atoms with E-state index < -0.39 is 0 Å². The number of thiophene rings is 1. The molecule has 0 N–H and O–H groups in total. The van der Waals surface area contributed by atoms with Gasteiger partial charge in [-0.2, -0.15) is 0 Å². The summed E-state index contributed by atoms with van der Waals surface area (Å²) in [5, 5.41) is 3.52. The zero-order chi connectivity index (χ0) is 15.2. The van der Waals surface area contributed by atoms with E-state index in [1.807, 2.05) is 30.9 Å². The van der Waals surface area contributed by atoms with Crippen LogP contribution in [0, 0.1) is 0 Å². The van der Waals surface area contributed by atoms with Crippen molar-refractivity contribution in [2.75, 3.05) is 0 Å². The molecule has 1 aromatic carbocycles. The van der Waals surface area contributed by atoms with Crippen LogP contribution in [0.15, 0.2) is 67.3 Å². The zero-order valence-corrected chi connectivity index (χ0v) is 12.9. The molecule has 0 atom stereocenters. The van der Waals surface area contributed by atoms with Crippen LogP contribution in [0.3, 0.4) is 0 Å². The second-order valence-corrected chi connectivity index (χ2v) is 6.50. The Morgan fingerprint density at radius 1 is 0.783 bits per heavy atom. The first-order chi connectivity index (χ1) is 11.4. The number of hydrogen-bond donors (Lipinski definition) is 0. The lowest BCUT2D eigenvalue weighted by Crippen LogP contribution is -1.87. The number of aromatic nitrogens is 3. The third kappa shape index (κ3) is 1.92. The van der Waals surface area contributed by atoms with Crippen molar-refractivity contribution in [3.8, 4) is 11.3 Å². The van der Waals surface area contributed by atoms with Gasteiger partial charge in [0.15, 0.2) is 0 Å². The SMILES string of the molecule is c1cnc2c(-c3cc4c(cn3)sc3ccncc34)cccc2c1. The van der Waals surface area contributed by atoms with Gasteiger partial charge in [-0.15, -0.1) is 11.3 Å². The molecule has 0 aliphatic heterocycles. The van der Waals surface area contributed by atoms with Crippen molar-refractivity contribution in [2.45, 2.75) is 0 Å². The van der Waals surface area contributed by atoms with Gasteiger partial charge in [-0.3, -0.25) is 15.0 Å². The highest BCUT2D eigenvalue weighted by molar-refractivity contribution is 7.25. The van der Waals surface area contributed by atoms with E-state index in [2.05, 4.69) is 51.4 Å². The minimum atomic E-state index is 0.949. The molecule has 0 saturated heterocycles. The molecule has 23 heavy (non-hydrogen) atoms. The van der Waals surface area contributed by atoms with Crippen molar-refractivity contribution in [3.63, 3.8) is 0 Å². The fourth-order valence-corrected chi connectivity index (χ4v) is 4.01. The van der Waals surface area contributed by atoms with Gasteiger partial charge in [-0.05, 0) is 18.2 Å². The summed E-state index contributed by atoms with van der Waals surface area (Å²) in [6.07, 6.45) is 7.55. The number of para-hydroxylation sites is 1. The van der Waals surface area contributed by atoms with Gasteiger partial charge in [-0.25, -0.2) is 0 Å². The van der Waals surface area contributed by atoms with Crippen LogP contribution in [0.25, 0.3) is 42.3 Å². The maximum Gasteiger partial charge on any atom is 0.0795 e. The van der Waals surface area contributed by atoms with Gasteiger partial charge in [0.1, 0.15) is 0 Å². The average molecular weight is 313 g/mol. The van der Waals surface area contributed by atoms with E-state index in [-0.39, 0.29) is 0 Å². The van der Waals surface area contributed by atoms with E-state index in [4.69, 9.17) is 0 Å². The van der Waals surface area contributed by atoms with E-state index >= 15 is 0 Å². The molecular weight excluding hydrogens is 302 g/mol. The Labute approximate surface area is 136 Å². The lowest BCUT2D eigenvalue weighted by molar-refractivity contribution is 1.35. The average Bonchev–Trinajstić information content (AvgIpc) is 2.99. The molecule has 5 aromatic rings. The number of nitrogens with zero attached hydrogens (tertiary/aromatic N) is 3. The van der Waals surface area contributed by atoms with Crippen molar-refractivity contribution in [1.82, 2.24) is 15.0 Å². The quantitative estimate of drug-likeness (QED) is 0.434. The Kier molecular flexibility index (Phi) is 2.66. The molecule has 5 rings (SSSR count). The van der Waals surface area contributed by atoms with Crippen molar-refractivity contribution >= 4 is 42.4 Å². The third-order valence-electron chi connectivity index (χ3n) is 4.07. The topological polar surface area (TPSA) is 38.7 Å². The van der Waals surface area contributed by atoms with Gasteiger partial charge in [-0.1, -0.05) is 24.3 Å². The molecule has 4 aromatic heterocycles. The van der Waals surface area contributed by atoms with Gasteiger partial charge in [0.05, 0.1) is 15.9 Å². The summed E-state index contributed by atoms with van der Waals surface area (Å²) in [5.74, 6) is 0. The van der Waals surface area contributed by atoms with Crippen molar-refractivity contribution in [2.24, 2.45) is 0 Å². The van der Waals surface area contributed by atoms with Crippen molar-refractivity contribution in [3.05, 3.63) is 67.3 Å². The van der Waals surface area contributed by atoms with E-state index in [1.54, 1.807) is 11.3 Å². The second-order valence-electron chi connectivity index (χ2n) is 5.42. The maximum atomic E-state index is 4.67. The summed E-state index contributed by atoms with van der Waals surface area (Å²) < 4.78 is 2.43. The highest BCUT2D eigenvalue weighted by Gasteiger charge is 2.10. The molecule has 0 radical (unpaired) electrons. The van der Waals surface area contributed by atoms with Crippen LogP contribution < -0.4 is 0 Å². The van der Waals surface area contributed by atoms with Gasteiger partial charge in [0, 0.05) is 51.2 Å². The Morgan fingerprint density at radius 2 is 1.74 bits per heavy atom. The summed E-state index contributed by atoms with van der Waals surface area (Å²) in [4.78, 5) is 13.5. The van der Waals surface area contributed by atoms with Gasteiger partial charge in [0.25, 0.3) is 0 Å². The standard InChI is InChI=1S/C19H11N3S/c1-3-12-4-2-7-21-19(12)13(5-1)16-9-14-15-10-20-8-6-17(15)23-18(14)11-22-16/h1-11H. The summed E-state index contributed by atoms with van der Waals surface area (Å²) in [6.45, 7) is 0. The molecule has 4 heterocycles. The molecule has 3 nitrogen and oxygen atoms in total. The molecule has 0 aliphatic rings. The summed E-state index contributed by atoms with van der Waals surface area (Å²) in [5.41, 5.74) is 3.00. The Bertz CT molecular complexity index is 1170. The van der Waals surface area contributed by atoms with E-state index in [0.29, 0.717) is 0 Å². The van der Waals surface area contributed by atoms with Gasteiger partial charge in [0.2, 0.25) is 0 Å².